The normalized spacial score (nSPS) is 10.2. The van der Waals surface area contributed by atoms with Gasteiger partial charge in [-0.05, 0) is 36.8 Å². The summed E-state index contributed by atoms with van der Waals surface area (Å²) in [6.45, 7) is 1.81. The Bertz CT molecular complexity index is 731. The number of rotatable bonds is 4. The van der Waals surface area contributed by atoms with Gasteiger partial charge >= 0.3 is 0 Å². The van der Waals surface area contributed by atoms with Crippen LogP contribution in [0.2, 0.25) is 0 Å². The third kappa shape index (κ3) is 3.57. The number of nitro benzene ring substituents is 1. The number of nitrogens with one attached hydrogen (secondary N) is 1. The summed E-state index contributed by atoms with van der Waals surface area (Å²) in [4.78, 5) is 10.3. The highest BCUT2D eigenvalue weighted by Crippen LogP contribution is 2.30. The van der Waals surface area contributed by atoms with E-state index in [1.165, 1.54) is 12.1 Å². The lowest BCUT2D eigenvalue weighted by atomic mass is 10.1. The van der Waals surface area contributed by atoms with E-state index in [1.807, 2.05) is 6.92 Å². The first-order chi connectivity index (χ1) is 9.86. The van der Waals surface area contributed by atoms with Crippen LogP contribution in [0, 0.1) is 22.4 Å². The summed E-state index contributed by atoms with van der Waals surface area (Å²) < 4.78 is 6.18. The molecule has 0 aliphatic heterocycles. The smallest absolute Gasteiger partial charge is 0.274 e. The Balaban J connectivity index is 2.32. The summed E-state index contributed by atoms with van der Waals surface area (Å²) in [6, 6.07) is 9.45. The van der Waals surface area contributed by atoms with E-state index in [-0.39, 0.29) is 11.5 Å². The number of nitro groups is 1. The SMILES string of the molecule is Cc1cc(Oc2cc(Br)cc([N+](=O)[O-])c2)ccc1C(=N)N. The lowest BCUT2D eigenvalue weighted by Crippen LogP contribution is -2.12. The minimum absolute atomic E-state index is 0.0165. The number of aryl methyl sites for hydroxylation is 1. The highest BCUT2D eigenvalue weighted by atomic mass is 79.9. The molecule has 2 aromatic carbocycles. The van der Waals surface area contributed by atoms with Crippen LogP contribution in [0.15, 0.2) is 40.9 Å². The van der Waals surface area contributed by atoms with E-state index >= 15 is 0 Å². The maximum absolute atomic E-state index is 10.8. The van der Waals surface area contributed by atoms with Gasteiger partial charge in [0.1, 0.15) is 17.3 Å². The number of non-ortho nitro benzene ring substituents is 1. The van der Waals surface area contributed by atoms with E-state index in [0.29, 0.717) is 21.5 Å². The summed E-state index contributed by atoms with van der Waals surface area (Å²) in [6.07, 6.45) is 0. The van der Waals surface area contributed by atoms with Crippen LogP contribution in [-0.2, 0) is 0 Å². The Kier molecular flexibility index (Phi) is 4.23. The zero-order valence-corrected chi connectivity index (χ0v) is 12.7. The number of hydrogen-bond acceptors (Lipinski definition) is 4. The van der Waals surface area contributed by atoms with Gasteiger partial charge in [0.15, 0.2) is 0 Å². The van der Waals surface area contributed by atoms with Crippen LogP contribution in [-0.4, -0.2) is 10.8 Å². The van der Waals surface area contributed by atoms with Gasteiger partial charge in [0.2, 0.25) is 0 Å². The molecule has 0 aliphatic rings. The maximum Gasteiger partial charge on any atom is 0.274 e. The molecule has 0 atom stereocenters. The standard InChI is InChI=1S/C14H12BrN3O3/c1-8-4-11(2-3-13(8)14(16)17)21-12-6-9(15)5-10(7-12)18(19)20/h2-7H,1H3,(H3,16,17). The molecule has 0 saturated carbocycles. The number of halogens is 1. The average molecular weight is 350 g/mol. The van der Waals surface area contributed by atoms with E-state index < -0.39 is 4.92 Å². The molecule has 0 saturated heterocycles. The zero-order chi connectivity index (χ0) is 15.6. The second-order valence-electron chi connectivity index (χ2n) is 4.39. The molecule has 0 aliphatic carbocycles. The van der Waals surface area contributed by atoms with Crippen LogP contribution in [0.1, 0.15) is 11.1 Å². The molecule has 0 aromatic heterocycles. The van der Waals surface area contributed by atoms with Gasteiger partial charge in [-0.15, -0.1) is 0 Å². The van der Waals surface area contributed by atoms with Gasteiger partial charge in [0.05, 0.1) is 11.0 Å². The molecule has 0 heterocycles. The van der Waals surface area contributed by atoms with Gasteiger partial charge in [-0.2, -0.15) is 0 Å². The highest BCUT2D eigenvalue weighted by molar-refractivity contribution is 9.10. The molecule has 0 radical (unpaired) electrons. The predicted octanol–water partition coefficient (Wildman–Crippen LogP) is 3.74. The van der Waals surface area contributed by atoms with Crippen molar-refractivity contribution in [2.75, 3.05) is 0 Å². The van der Waals surface area contributed by atoms with Crippen LogP contribution >= 0.6 is 15.9 Å². The van der Waals surface area contributed by atoms with Gasteiger partial charge in [-0.3, -0.25) is 15.5 Å². The Morgan fingerprint density at radius 3 is 2.57 bits per heavy atom. The Hall–Kier alpha value is -2.41. The fraction of sp³-hybridized carbons (Fsp3) is 0.0714. The molecular formula is C14H12BrN3O3. The number of hydrogen-bond donors (Lipinski definition) is 2. The van der Waals surface area contributed by atoms with Crippen molar-refractivity contribution in [1.29, 1.82) is 5.41 Å². The van der Waals surface area contributed by atoms with E-state index in [4.69, 9.17) is 15.9 Å². The summed E-state index contributed by atoms with van der Waals surface area (Å²) >= 11 is 3.21. The second kappa shape index (κ2) is 5.92. The van der Waals surface area contributed by atoms with E-state index in [2.05, 4.69) is 15.9 Å². The Morgan fingerprint density at radius 1 is 1.29 bits per heavy atom. The van der Waals surface area contributed by atoms with E-state index in [9.17, 15) is 10.1 Å². The van der Waals surface area contributed by atoms with E-state index in [0.717, 1.165) is 5.56 Å². The molecule has 6 nitrogen and oxygen atoms in total. The molecule has 0 spiro atoms. The first-order valence-corrected chi connectivity index (χ1v) is 6.74. The van der Waals surface area contributed by atoms with Gasteiger partial charge in [0.25, 0.3) is 5.69 Å². The van der Waals surface area contributed by atoms with Crippen molar-refractivity contribution >= 4 is 27.5 Å². The van der Waals surface area contributed by atoms with Crippen molar-refractivity contribution in [1.82, 2.24) is 0 Å². The number of nitrogen functional groups attached to an aromatic ring is 1. The summed E-state index contributed by atoms with van der Waals surface area (Å²) in [5, 5.41) is 18.3. The maximum atomic E-state index is 10.8. The molecule has 7 heteroatoms. The van der Waals surface area contributed by atoms with Gasteiger partial charge in [-0.1, -0.05) is 15.9 Å². The quantitative estimate of drug-likeness (QED) is 0.379. The number of nitrogens with two attached hydrogens (primary N) is 1. The van der Waals surface area contributed by atoms with Crippen LogP contribution in [0.25, 0.3) is 0 Å². The second-order valence-corrected chi connectivity index (χ2v) is 5.31. The van der Waals surface area contributed by atoms with Crippen molar-refractivity contribution in [3.8, 4) is 11.5 Å². The largest absolute Gasteiger partial charge is 0.457 e. The number of ether oxygens (including phenoxy) is 1. The zero-order valence-electron chi connectivity index (χ0n) is 11.1. The number of amidine groups is 1. The molecule has 2 rings (SSSR count). The monoisotopic (exact) mass is 349 g/mol. The van der Waals surface area contributed by atoms with E-state index in [1.54, 1.807) is 24.3 Å². The van der Waals surface area contributed by atoms with Crippen LogP contribution in [0.4, 0.5) is 5.69 Å². The molecular weight excluding hydrogens is 338 g/mol. The van der Waals surface area contributed by atoms with Crippen LogP contribution in [0.3, 0.4) is 0 Å². The van der Waals surface area contributed by atoms with Crippen molar-refractivity contribution in [3.05, 3.63) is 62.1 Å². The topological polar surface area (TPSA) is 102 Å². The number of benzene rings is 2. The van der Waals surface area contributed by atoms with Crippen molar-refractivity contribution < 1.29 is 9.66 Å². The molecule has 21 heavy (non-hydrogen) atoms. The summed E-state index contributed by atoms with van der Waals surface area (Å²) in [5.41, 5.74) is 6.82. The molecule has 0 bridgehead atoms. The van der Waals surface area contributed by atoms with Crippen LogP contribution < -0.4 is 10.5 Å². The molecule has 0 unspecified atom stereocenters. The first kappa shape index (κ1) is 15.0. The predicted molar refractivity (Wildman–Crippen MR) is 83.1 cm³/mol. The van der Waals surface area contributed by atoms with Crippen LogP contribution in [0.5, 0.6) is 11.5 Å². The first-order valence-electron chi connectivity index (χ1n) is 5.94. The minimum atomic E-state index is -0.484. The average Bonchev–Trinajstić information content (AvgIpc) is 2.37. The third-order valence-electron chi connectivity index (χ3n) is 2.79. The Labute approximate surface area is 129 Å². The lowest BCUT2D eigenvalue weighted by Gasteiger charge is -2.09. The molecule has 108 valence electrons. The molecule has 2 aromatic rings. The summed E-state index contributed by atoms with van der Waals surface area (Å²) in [5.74, 6) is 0.855. The minimum Gasteiger partial charge on any atom is -0.457 e. The lowest BCUT2D eigenvalue weighted by molar-refractivity contribution is -0.385. The molecule has 3 N–H and O–H groups in total. The Morgan fingerprint density at radius 2 is 2.00 bits per heavy atom. The fourth-order valence-corrected chi connectivity index (χ4v) is 2.31. The molecule has 0 fully saturated rings. The third-order valence-corrected chi connectivity index (χ3v) is 3.25. The fourth-order valence-electron chi connectivity index (χ4n) is 1.85. The van der Waals surface area contributed by atoms with Crippen molar-refractivity contribution in [2.24, 2.45) is 5.73 Å². The van der Waals surface area contributed by atoms with Crippen molar-refractivity contribution in [3.63, 3.8) is 0 Å². The van der Waals surface area contributed by atoms with Gasteiger partial charge in [0, 0.05) is 16.1 Å². The molecule has 0 amide bonds. The summed E-state index contributed by atoms with van der Waals surface area (Å²) in [7, 11) is 0. The van der Waals surface area contributed by atoms with Gasteiger partial charge in [-0.25, -0.2) is 0 Å². The number of nitrogens with zero attached hydrogens (tertiary/aromatic N) is 1. The van der Waals surface area contributed by atoms with Gasteiger partial charge < -0.3 is 10.5 Å². The van der Waals surface area contributed by atoms with Crippen molar-refractivity contribution in [2.45, 2.75) is 6.92 Å². The highest BCUT2D eigenvalue weighted by Gasteiger charge is 2.11.